The molecule has 4 nitrogen and oxygen atoms in total. The summed E-state index contributed by atoms with van der Waals surface area (Å²) < 4.78 is 4.79. The van der Waals surface area contributed by atoms with Gasteiger partial charge in [0.2, 0.25) is 5.91 Å². The molecular weight excluding hydrogens is 334 g/mol. The first-order valence-corrected chi connectivity index (χ1v) is 8.95. The molecule has 2 saturated carbocycles. The summed E-state index contributed by atoms with van der Waals surface area (Å²) in [6.45, 7) is 2.24. The van der Waals surface area contributed by atoms with Gasteiger partial charge in [-0.3, -0.25) is 9.59 Å². The fourth-order valence-electron chi connectivity index (χ4n) is 3.46. The molecule has 21 heavy (non-hydrogen) atoms. The Bertz CT molecular complexity index is 380. The van der Waals surface area contributed by atoms with Gasteiger partial charge in [-0.25, -0.2) is 0 Å². The van der Waals surface area contributed by atoms with E-state index in [1.165, 1.54) is 7.11 Å². The van der Waals surface area contributed by atoms with Gasteiger partial charge in [0.15, 0.2) is 0 Å². The second-order valence-corrected chi connectivity index (χ2v) is 7.76. The molecule has 0 aromatic heterocycles. The molecule has 3 atom stereocenters. The van der Waals surface area contributed by atoms with Crippen LogP contribution in [0.2, 0.25) is 0 Å². The Morgan fingerprint density at radius 2 is 1.67 bits per heavy atom. The second-order valence-electron chi connectivity index (χ2n) is 6.58. The molecule has 1 amide bonds. The Morgan fingerprint density at radius 3 is 2.24 bits per heavy atom. The van der Waals surface area contributed by atoms with Gasteiger partial charge in [-0.05, 0) is 50.9 Å². The number of carbonyl (C=O) groups excluding carboxylic acids is 2. The zero-order valence-corrected chi connectivity index (χ0v) is 14.5. The highest BCUT2D eigenvalue weighted by atomic mass is 79.9. The molecule has 2 aliphatic carbocycles. The number of alkyl halides is 1. The summed E-state index contributed by atoms with van der Waals surface area (Å²) in [5.41, 5.74) is 0. The van der Waals surface area contributed by atoms with Crippen LogP contribution in [-0.2, 0) is 14.3 Å². The van der Waals surface area contributed by atoms with E-state index in [1.54, 1.807) is 0 Å². The lowest BCUT2D eigenvalue weighted by molar-refractivity contribution is -0.146. The minimum absolute atomic E-state index is 0.0191. The molecule has 0 bridgehead atoms. The molecule has 0 aliphatic heterocycles. The van der Waals surface area contributed by atoms with Gasteiger partial charge < -0.3 is 10.1 Å². The molecule has 0 aromatic carbocycles. The highest BCUT2D eigenvalue weighted by Crippen LogP contribution is 2.34. The van der Waals surface area contributed by atoms with Crippen LogP contribution in [0.25, 0.3) is 0 Å². The van der Waals surface area contributed by atoms with Crippen molar-refractivity contribution in [3.63, 3.8) is 0 Å². The van der Waals surface area contributed by atoms with Gasteiger partial charge in [-0.1, -0.05) is 22.9 Å². The first-order valence-electron chi connectivity index (χ1n) is 8.03. The zero-order chi connectivity index (χ0) is 15.4. The predicted molar refractivity (Wildman–Crippen MR) is 85.1 cm³/mol. The molecule has 2 rings (SSSR count). The van der Waals surface area contributed by atoms with Gasteiger partial charge in [-0.15, -0.1) is 0 Å². The summed E-state index contributed by atoms with van der Waals surface area (Å²) in [5.74, 6) is 0.912. The SMILES string of the molecule is COC(=O)C1CCC(NC(=O)C2CCC(C)C(Br)C2)CC1. The predicted octanol–water partition coefficient (Wildman–Crippen LogP) is 3.03. The van der Waals surface area contributed by atoms with E-state index in [4.69, 9.17) is 4.74 Å². The molecule has 0 radical (unpaired) electrons. The van der Waals surface area contributed by atoms with E-state index in [9.17, 15) is 9.59 Å². The topological polar surface area (TPSA) is 55.4 Å². The Labute approximate surface area is 135 Å². The number of amides is 1. The minimum atomic E-state index is -0.108. The van der Waals surface area contributed by atoms with Crippen LogP contribution in [0.4, 0.5) is 0 Å². The summed E-state index contributed by atoms with van der Waals surface area (Å²) in [4.78, 5) is 24.3. The van der Waals surface area contributed by atoms with Gasteiger partial charge in [0.05, 0.1) is 13.0 Å². The number of rotatable bonds is 3. The van der Waals surface area contributed by atoms with E-state index in [-0.39, 0.29) is 29.8 Å². The van der Waals surface area contributed by atoms with Crippen LogP contribution in [-0.4, -0.2) is 29.9 Å². The highest BCUT2D eigenvalue weighted by Gasteiger charge is 2.32. The third kappa shape index (κ3) is 4.44. The fourth-order valence-corrected chi connectivity index (χ4v) is 4.18. The number of ether oxygens (including phenoxy) is 1. The molecule has 3 unspecified atom stereocenters. The quantitative estimate of drug-likeness (QED) is 0.622. The largest absolute Gasteiger partial charge is 0.469 e. The van der Waals surface area contributed by atoms with Crippen molar-refractivity contribution in [1.82, 2.24) is 5.32 Å². The van der Waals surface area contributed by atoms with Crippen LogP contribution >= 0.6 is 15.9 Å². The van der Waals surface area contributed by atoms with Gasteiger partial charge in [0, 0.05) is 16.8 Å². The Kier molecular flexibility index (Phi) is 6.08. The van der Waals surface area contributed by atoms with Gasteiger partial charge in [-0.2, -0.15) is 0 Å². The molecular formula is C16H26BrNO3. The Balaban J connectivity index is 1.76. The van der Waals surface area contributed by atoms with E-state index in [1.807, 2.05) is 0 Å². The summed E-state index contributed by atoms with van der Waals surface area (Å²) in [7, 11) is 1.44. The number of hydrogen-bond acceptors (Lipinski definition) is 3. The molecule has 1 N–H and O–H groups in total. The lowest BCUT2D eigenvalue weighted by Crippen LogP contribution is -2.43. The van der Waals surface area contributed by atoms with Crippen LogP contribution in [0.3, 0.4) is 0 Å². The third-order valence-electron chi connectivity index (χ3n) is 5.08. The van der Waals surface area contributed by atoms with Crippen molar-refractivity contribution in [2.75, 3.05) is 7.11 Å². The molecule has 120 valence electrons. The van der Waals surface area contributed by atoms with Crippen LogP contribution < -0.4 is 5.32 Å². The summed E-state index contributed by atoms with van der Waals surface area (Å²) in [6, 6.07) is 0.228. The molecule has 2 aliphatic rings. The Hall–Kier alpha value is -0.580. The van der Waals surface area contributed by atoms with E-state index in [0.29, 0.717) is 10.7 Å². The smallest absolute Gasteiger partial charge is 0.308 e. The van der Waals surface area contributed by atoms with Crippen molar-refractivity contribution < 1.29 is 14.3 Å². The normalized spacial score (nSPS) is 36.8. The Morgan fingerprint density at radius 1 is 1.05 bits per heavy atom. The van der Waals surface area contributed by atoms with Gasteiger partial charge in [0.25, 0.3) is 0 Å². The van der Waals surface area contributed by atoms with Crippen LogP contribution in [0.5, 0.6) is 0 Å². The number of carbonyl (C=O) groups is 2. The van der Waals surface area contributed by atoms with Crippen LogP contribution in [0.15, 0.2) is 0 Å². The molecule has 5 heteroatoms. The van der Waals surface area contributed by atoms with Crippen molar-refractivity contribution in [2.45, 2.75) is 62.7 Å². The lowest BCUT2D eigenvalue weighted by atomic mass is 9.81. The zero-order valence-electron chi connectivity index (χ0n) is 12.9. The van der Waals surface area contributed by atoms with E-state index in [0.717, 1.165) is 44.9 Å². The maximum absolute atomic E-state index is 12.4. The lowest BCUT2D eigenvalue weighted by Gasteiger charge is -2.33. The third-order valence-corrected chi connectivity index (χ3v) is 6.35. The minimum Gasteiger partial charge on any atom is -0.469 e. The number of halogens is 1. The number of hydrogen-bond donors (Lipinski definition) is 1. The van der Waals surface area contributed by atoms with E-state index >= 15 is 0 Å². The molecule has 2 fully saturated rings. The van der Waals surface area contributed by atoms with E-state index in [2.05, 4.69) is 28.2 Å². The summed E-state index contributed by atoms with van der Waals surface area (Å²) in [5, 5.41) is 3.19. The number of methoxy groups -OCH3 is 1. The maximum atomic E-state index is 12.4. The molecule has 0 spiro atoms. The van der Waals surface area contributed by atoms with Gasteiger partial charge >= 0.3 is 5.97 Å². The molecule has 0 saturated heterocycles. The number of nitrogens with one attached hydrogen (secondary N) is 1. The number of esters is 1. The monoisotopic (exact) mass is 359 g/mol. The van der Waals surface area contributed by atoms with Gasteiger partial charge in [0.1, 0.15) is 0 Å². The van der Waals surface area contributed by atoms with Crippen molar-refractivity contribution in [3.05, 3.63) is 0 Å². The fraction of sp³-hybridized carbons (Fsp3) is 0.875. The first-order chi connectivity index (χ1) is 10.0. The molecule has 0 heterocycles. The van der Waals surface area contributed by atoms with Crippen LogP contribution in [0, 0.1) is 17.8 Å². The average Bonchev–Trinajstić information content (AvgIpc) is 2.50. The standard InChI is InChI=1S/C16H26BrNO3/c1-10-3-4-12(9-14(10)17)15(19)18-13-7-5-11(6-8-13)16(20)21-2/h10-14H,3-9H2,1-2H3,(H,18,19). The van der Waals surface area contributed by atoms with Crippen molar-refractivity contribution in [2.24, 2.45) is 17.8 Å². The van der Waals surface area contributed by atoms with Crippen molar-refractivity contribution in [3.8, 4) is 0 Å². The van der Waals surface area contributed by atoms with E-state index < -0.39 is 0 Å². The maximum Gasteiger partial charge on any atom is 0.308 e. The second kappa shape index (κ2) is 7.61. The summed E-state index contributed by atoms with van der Waals surface area (Å²) in [6.07, 6.45) is 6.44. The average molecular weight is 360 g/mol. The highest BCUT2D eigenvalue weighted by molar-refractivity contribution is 9.09. The van der Waals surface area contributed by atoms with Crippen LogP contribution in [0.1, 0.15) is 51.9 Å². The molecule has 0 aromatic rings. The summed E-state index contributed by atoms with van der Waals surface area (Å²) >= 11 is 3.69. The van der Waals surface area contributed by atoms with Crippen molar-refractivity contribution in [1.29, 1.82) is 0 Å². The first kappa shape index (κ1) is 16.8. The van der Waals surface area contributed by atoms with Crippen molar-refractivity contribution >= 4 is 27.8 Å².